The maximum atomic E-state index is 10.8. The Morgan fingerprint density at radius 3 is 2.60 bits per heavy atom. The molecule has 10 heavy (non-hydrogen) atoms. The summed E-state index contributed by atoms with van der Waals surface area (Å²) in [6.07, 6.45) is 2.50. The first-order valence-corrected chi connectivity index (χ1v) is 3.98. The van der Waals surface area contributed by atoms with Crippen LogP contribution in [0.25, 0.3) is 5.57 Å². The molecular weight excluding hydrogens is 243 g/mol. The average Bonchev–Trinajstić information content (AvgIpc) is 2.42. The van der Waals surface area contributed by atoms with E-state index < -0.39 is 0 Å². The highest BCUT2D eigenvalue weighted by molar-refractivity contribution is 14.1. The number of carbonyl (C=O) groups is 1. The number of hydrogen-bond acceptors (Lipinski definition) is 2. The maximum Gasteiger partial charge on any atom is 0.222 e. The van der Waals surface area contributed by atoms with E-state index in [1.165, 1.54) is 0 Å². The van der Waals surface area contributed by atoms with E-state index in [0.717, 1.165) is 5.56 Å². The van der Waals surface area contributed by atoms with Gasteiger partial charge in [-0.3, -0.25) is 9.59 Å². The number of halogens is 1. The first kappa shape index (κ1) is 6.27. The molecule has 0 aromatic heterocycles. The molecule has 3 heteroatoms. The fraction of sp³-hybridized carbons (Fsp3) is 0.143. The third-order valence-corrected chi connectivity index (χ3v) is 2.31. The van der Waals surface area contributed by atoms with Crippen LogP contribution in [0.3, 0.4) is 0 Å². The molecule has 50 valence electrons. The predicted octanol–water partition coefficient (Wildman–Crippen LogP) is 0.824. The minimum atomic E-state index is -0.0200. The fourth-order valence-electron chi connectivity index (χ4n) is 1.17. The van der Waals surface area contributed by atoms with Gasteiger partial charge in [-0.15, -0.1) is 0 Å². The van der Waals surface area contributed by atoms with Gasteiger partial charge in [0.05, 0.1) is 0 Å². The van der Waals surface area contributed by atoms with Crippen molar-refractivity contribution in [3.63, 3.8) is 0 Å². The van der Waals surface area contributed by atoms with Crippen molar-refractivity contribution in [1.29, 1.82) is 0 Å². The summed E-state index contributed by atoms with van der Waals surface area (Å²) in [7, 11) is 0. The van der Waals surface area contributed by atoms with Gasteiger partial charge in [0.1, 0.15) is 0 Å². The molecule has 2 nitrogen and oxygen atoms in total. The highest BCUT2D eigenvalue weighted by atomic mass is 127. The molecule has 0 amide bonds. The molecule has 0 aliphatic heterocycles. The Bertz CT molecular complexity index is 353. The van der Waals surface area contributed by atoms with Gasteiger partial charge >= 0.3 is 0 Å². The lowest BCUT2D eigenvalue weighted by Gasteiger charge is -1.85. The molecule has 1 aromatic rings. The third-order valence-electron chi connectivity index (χ3n) is 1.73. The zero-order chi connectivity index (χ0) is 7.30. The molecule has 0 bridgehead atoms. The van der Waals surface area contributed by atoms with E-state index >= 15 is 0 Å². The summed E-state index contributed by atoms with van der Waals surface area (Å²) in [5.74, 6) is 0. The first-order chi connectivity index (χ1) is 4.72. The Balaban J connectivity index is 2.46. The Morgan fingerprint density at radius 1 is 1.60 bits per heavy atom. The molecule has 0 spiro atoms. The second-order valence-electron chi connectivity index (χ2n) is 2.28. The van der Waals surface area contributed by atoms with Crippen LogP contribution in [-0.2, 0) is 11.2 Å². The smallest absolute Gasteiger partial charge is 0.222 e. The van der Waals surface area contributed by atoms with Gasteiger partial charge in [-0.25, -0.2) is 0 Å². The number of carbonyl (C=O) groups excluding carboxylic acids is 1. The van der Waals surface area contributed by atoms with Crippen LogP contribution in [0.5, 0.6) is 0 Å². The maximum absolute atomic E-state index is 10.8. The van der Waals surface area contributed by atoms with Gasteiger partial charge in [0.2, 0.25) is 3.79 Å². The zero-order valence-corrected chi connectivity index (χ0v) is 7.14. The zero-order valence-electron chi connectivity index (χ0n) is 4.98. The summed E-state index contributed by atoms with van der Waals surface area (Å²) in [6.45, 7) is 0. The molecule has 0 heterocycles. The summed E-state index contributed by atoms with van der Waals surface area (Å²) in [5, 5.41) is 0. The number of hydrogen-bond donors (Lipinski definition) is 0. The molecule has 1 aliphatic carbocycles. The van der Waals surface area contributed by atoms with E-state index in [4.69, 9.17) is 0 Å². The van der Waals surface area contributed by atoms with Crippen molar-refractivity contribution in [2.45, 2.75) is 6.42 Å². The lowest BCUT2D eigenvalue weighted by molar-refractivity contribution is -0.104. The second kappa shape index (κ2) is 1.78. The van der Waals surface area contributed by atoms with Gasteiger partial charge < -0.3 is 0 Å². The van der Waals surface area contributed by atoms with Crippen molar-refractivity contribution >= 4 is 32.0 Å². The van der Waals surface area contributed by atoms with Crippen LogP contribution in [0.2, 0.25) is 0 Å². The van der Waals surface area contributed by atoms with Gasteiger partial charge in [-0.1, -0.05) is 6.08 Å². The van der Waals surface area contributed by atoms with E-state index in [1.54, 1.807) is 22.6 Å². The van der Waals surface area contributed by atoms with Crippen LogP contribution >= 0.6 is 22.6 Å². The van der Waals surface area contributed by atoms with Crippen molar-refractivity contribution in [2.24, 2.45) is 0 Å². The minimum absolute atomic E-state index is 0.0200. The average molecular weight is 246 g/mol. The quantitative estimate of drug-likeness (QED) is 0.543. The highest BCUT2D eigenvalue weighted by Gasteiger charge is 2.31. The molecular formula is C7H3IO2. The van der Waals surface area contributed by atoms with E-state index in [-0.39, 0.29) is 9.22 Å². The molecule has 1 aliphatic rings. The minimum Gasteiger partial charge on any atom is -0.289 e. The summed E-state index contributed by atoms with van der Waals surface area (Å²) < 4.78 is -0.0200. The van der Waals surface area contributed by atoms with Gasteiger partial charge in [-0.2, -0.15) is 0 Å². The van der Waals surface area contributed by atoms with E-state index in [1.807, 2.05) is 6.08 Å². The number of fused-ring (bicyclic) bond motifs is 1. The van der Waals surface area contributed by atoms with Crippen LogP contribution in [-0.4, -0.2) is 3.79 Å². The summed E-state index contributed by atoms with van der Waals surface area (Å²) in [6, 6.07) is 0. The normalized spacial score (nSPS) is 15.5. The standard InChI is InChI=1S/C7H3IO2/c8-7(10)4-2-1-3-5(4)6(3)9/h2H,1H2. The first-order valence-electron chi connectivity index (χ1n) is 2.90. The molecule has 0 saturated heterocycles. The van der Waals surface area contributed by atoms with E-state index in [9.17, 15) is 9.59 Å². The van der Waals surface area contributed by atoms with Gasteiger partial charge in [0, 0.05) is 39.3 Å². The van der Waals surface area contributed by atoms with Crippen molar-refractivity contribution in [3.05, 3.63) is 27.4 Å². The number of rotatable bonds is 1. The van der Waals surface area contributed by atoms with Crippen LogP contribution < -0.4 is 5.43 Å². The second-order valence-corrected chi connectivity index (χ2v) is 3.26. The monoisotopic (exact) mass is 246 g/mol. The Morgan fingerprint density at radius 2 is 2.30 bits per heavy atom. The van der Waals surface area contributed by atoms with Crippen molar-refractivity contribution < 1.29 is 4.79 Å². The largest absolute Gasteiger partial charge is 0.289 e. The third kappa shape index (κ3) is 0.637. The molecule has 0 radical (unpaired) electrons. The van der Waals surface area contributed by atoms with Gasteiger partial charge in [0.25, 0.3) is 0 Å². The van der Waals surface area contributed by atoms with Crippen LogP contribution in [0, 0.1) is 0 Å². The molecule has 1 aromatic carbocycles. The molecule has 0 unspecified atom stereocenters. The number of allylic oxidation sites excluding steroid dienone is 2. The Hall–Kier alpha value is -0.450. The van der Waals surface area contributed by atoms with Crippen LogP contribution in [0.15, 0.2) is 10.9 Å². The summed E-state index contributed by atoms with van der Waals surface area (Å²) >= 11 is 1.70. The summed E-state index contributed by atoms with van der Waals surface area (Å²) in [5.41, 5.74) is 2.27. The predicted molar refractivity (Wildman–Crippen MR) is 45.8 cm³/mol. The van der Waals surface area contributed by atoms with Crippen molar-refractivity contribution in [1.82, 2.24) is 0 Å². The Labute approximate surface area is 70.7 Å². The lowest BCUT2D eigenvalue weighted by Crippen LogP contribution is -1.92. The molecule has 0 fully saturated rings. The lowest BCUT2D eigenvalue weighted by atomic mass is 10.3. The molecule has 0 N–H and O–H groups in total. The fourth-order valence-corrected chi connectivity index (χ4v) is 1.66. The van der Waals surface area contributed by atoms with Crippen molar-refractivity contribution in [3.8, 4) is 0 Å². The van der Waals surface area contributed by atoms with Crippen LogP contribution in [0.1, 0.15) is 11.1 Å². The van der Waals surface area contributed by atoms with Gasteiger partial charge in [0.15, 0.2) is 5.43 Å². The molecule has 2 rings (SSSR count). The molecule has 0 saturated carbocycles. The van der Waals surface area contributed by atoms with Gasteiger partial charge in [-0.05, 0) is 6.42 Å². The SMILES string of the molecule is O=C(I)C1=CCc2c1c2=O. The molecule has 0 atom stereocenters. The van der Waals surface area contributed by atoms with E-state index in [2.05, 4.69) is 0 Å². The van der Waals surface area contributed by atoms with E-state index in [0.29, 0.717) is 17.6 Å². The topological polar surface area (TPSA) is 34.1 Å². The van der Waals surface area contributed by atoms with Crippen molar-refractivity contribution in [2.75, 3.05) is 0 Å². The Kier molecular flexibility index (Phi) is 1.12. The summed E-state index contributed by atoms with van der Waals surface area (Å²) in [4.78, 5) is 21.5. The highest BCUT2D eigenvalue weighted by Crippen LogP contribution is 2.30. The van der Waals surface area contributed by atoms with Crippen LogP contribution in [0.4, 0.5) is 0 Å².